The average molecular weight is 328 g/mol. The van der Waals surface area contributed by atoms with Gasteiger partial charge < -0.3 is 14.5 Å². The summed E-state index contributed by atoms with van der Waals surface area (Å²) in [6.45, 7) is 2.25. The van der Waals surface area contributed by atoms with Crippen molar-refractivity contribution in [1.29, 1.82) is 0 Å². The van der Waals surface area contributed by atoms with Gasteiger partial charge in [-0.15, -0.1) is 0 Å². The number of rotatable bonds is 4. The number of likely N-dealkylation sites (tertiary alicyclic amines) is 1. The van der Waals surface area contributed by atoms with Gasteiger partial charge in [0.2, 0.25) is 11.8 Å². The van der Waals surface area contributed by atoms with Crippen LogP contribution in [0.4, 0.5) is 5.69 Å². The number of methoxy groups -OCH3 is 1. The maximum absolute atomic E-state index is 12.5. The van der Waals surface area contributed by atoms with Crippen LogP contribution in [-0.4, -0.2) is 43.5 Å². The van der Waals surface area contributed by atoms with Crippen LogP contribution >= 0.6 is 0 Å². The fraction of sp³-hybridized carbons (Fsp3) is 0.579. The lowest BCUT2D eigenvalue weighted by molar-refractivity contribution is -0.131. The number of ether oxygens (including phenoxy) is 1. The molecule has 1 atom stereocenters. The monoisotopic (exact) mass is 328 g/mol. The molecule has 5 heteroatoms. The summed E-state index contributed by atoms with van der Waals surface area (Å²) in [4.78, 5) is 28.8. The SMILES string of the molecule is COc1ccc(N2C[C@]3(CCN(C(=O)CC4CC4)C3)CC2=O)cc1. The van der Waals surface area contributed by atoms with E-state index in [1.54, 1.807) is 7.11 Å². The highest BCUT2D eigenvalue weighted by atomic mass is 16.5. The second-order valence-corrected chi connectivity index (χ2v) is 7.57. The molecule has 0 unspecified atom stereocenters. The van der Waals surface area contributed by atoms with Crippen LogP contribution in [-0.2, 0) is 9.59 Å². The van der Waals surface area contributed by atoms with E-state index in [0.717, 1.165) is 30.9 Å². The van der Waals surface area contributed by atoms with Crippen molar-refractivity contribution in [2.45, 2.75) is 32.1 Å². The van der Waals surface area contributed by atoms with Crippen LogP contribution in [0.1, 0.15) is 32.1 Å². The van der Waals surface area contributed by atoms with Crippen molar-refractivity contribution < 1.29 is 14.3 Å². The van der Waals surface area contributed by atoms with Gasteiger partial charge in [0.15, 0.2) is 0 Å². The highest BCUT2D eigenvalue weighted by Gasteiger charge is 2.49. The van der Waals surface area contributed by atoms with Crippen molar-refractivity contribution in [3.8, 4) is 5.75 Å². The first kappa shape index (κ1) is 15.5. The average Bonchev–Trinajstić information content (AvgIpc) is 3.21. The van der Waals surface area contributed by atoms with E-state index >= 15 is 0 Å². The van der Waals surface area contributed by atoms with Gasteiger partial charge in [0, 0.05) is 43.6 Å². The summed E-state index contributed by atoms with van der Waals surface area (Å²) in [7, 11) is 1.64. The molecule has 128 valence electrons. The smallest absolute Gasteiger partial charge is 0.227 e. The predicted molar refractivity (Wildman–Crippen MR) is 90.9 cm³/mol. The van der Waals surface area contributed by atoms with Gasteiger partial charge in [-0.2, -0.15) is 0 Å². The lowest BCUT2D eigenvalue weighted by Crippen LogP contribution is -2.34. The summed E-state index contributed by atoms with van der Waals surface area (Å²) < 4.78 is 5.18. The molecule has 0 bridgehead atoms. The minimum Gasteiger partial charge on any atom is -0.497 e. The largest absolute Gasteiger partial charge is 0.497 e. The van der Waals surface area contributed by atoms with Crippen LogP contribution in [0.25, 0.3) is 0 Å². The van der Waals surface area contributed by atoms with E-state index in [1.165, 1.54) is 12.8 Å². The molecule has 2 aliphatic heterocycles. The quantitative estimate of drug-likeness (QED) is 0.853. The Morgan fingerprint density at radius 2 is 2.00 bits per heavy atom. The Labute approximate surface area is 142 Å². The van der Waals surface area contributed by atoms with Gasteiger partial charge in [-0.25, -0.2) is 0 Å². The molecule has 0 radical (unpaired) electrons. The van der Waals surface area contributed by atoms with E-state index in [9.17, 15) is 9.59 Å². The minimum atomic E-state index is -0.0593. The van der Waals surface area contributed by atoms with Gasteiger partial charge in [-0.3, -0.25) is 9.59 Å². The Kier molecular flexibility index (Phi) is 3.74. The standard InChI is InChI=1S/C19H24N2O3/c1-24-16-6-4-15(5-7-16)21-13-19(11-18(21)23)8-9-20(12-19)17(22)10-14-2-3-14/h4-7,14H,2-3,8-13H2,1H3/t19-/m1/s1. The highest BCUT2D eigenvalue weighted by molar-refractivity contribution is 5.96. The highest BCUT2D eigenvalue weighted by Crippen LogP contribution is 2.43. The third-order valence-electron chi connectivity index (χ3n) is 5.66. The van der Waals surface area contributed by atoms with E-state index in [1.807, 2.05) is 34.1 Å². The molecule has 1 aromatic rings. The Balaban J connectivity index is 1.44. The minimum absolute atomic E-state index is 0.0593. The van der Waals surface area contributed by atoms with Crippen molar-refractivity contribution >= 4 is 17.5 Å². The fourth-order valence-corrected chi connectivity index (χ4v) is 4.01. The first-order chi connectivity index (χ1) is 11.6. The lowest BCUT2D eigenvalue weighted by atomic mass is 9.86. The summed E-state index contributed by atoms with van der Waals surface area (Å²) in [5, 5.41) is 0. The third-order valence-corrected chi connectivity index (χ3v) is 5.66. The zero-order valence-electron chi connectivity index (χ0n) is 14.2. The van der Waals surface area contributed by atoms with Crippen LogP contribution in [0.5, 0.6) is 5.75 Å². The second kappa shape index (κ2) is 5.80. The maximum atomic E-state index is 12.5. The van der Waals surface area contributed by atoms with Gasteiger partial charge >= 0.3 is 0 Å². The number of carbonyl (C=O) groups is 2. The summed E-state index contributed by atoms with van der Waals surface area (Å²) >= 11 is 0. The van der Waals surface area contributed by atoms with Crippen molar-refractivity contribution in [3.63, 3.8) is 0 Å². The van der Waals surface area contributed by atoms with Crippen LogP contribution in [0.3, 0.4) is 0 Å². The van der Waals surface area contributed by atoms with Crippen molar-refractivity contribution in [3.05, 3.63) is 24.3 Å². The van der Waals surface area contributed by atoms with Crippen LogP contribution in [0, 0.1) is 11.3 Å². The normalized spacial score (nSPS) is 26.5. The van der Waals surface area contributed by atoms with Gasteiger partial charge in [0.1, 0.15) is 5.75 Å². The summed E-state index contributed by atoms with van der Waals surface area (Å²) in [6.07, 6.45) is 4.59. The molecule has 4 rings (SSSR count). The topological polar surface area (TPSA) is 49.9 Å². The van der Waals surface area contributed by atoms with E-state index < -0.39 is 0 Å². The van der Waals surface area contributed by atoms with E-state index in [2.05, 4.69) is 0 Å². The number of carbonyl (C=O) groups excluding carboxylic acids is 2. The fourth-order valence-electron chi connectivity index (χ4n) is 4.01. The number of benzene rings is 1. The molecular formula is C19H24N2O3. The molecule has 3 aliphatic rings. The zero-order chi connectivity index (χ0) is 16.7. The van der Waals surface area contributed by atoms with Crippen molar-refractivity contribution in [2.24, 2.45) is 11.3 Å². The Hall–Kier alpha value is -2.04. The molecule has 24 heavy (non-hydrogen) atoms. The third kappa shape index (κ3) is 2.87. The Morgan fingerprint density at radius 1 is 1.25 bits per heavy atom. The number of amides is 2. The molecule has 2 amide bonds. The van der Waals surface area contributed by atoms with Crippen LogP contribution in [0.2, 0.25) is 0 Å². The van der Waals surface area contributed by atoms with Crippen molar-refractivity contribution in [2.75, 3.05) is 31.6 Å². The second-order valence-electron chi connectivity index (χ2n) is 7.57. The molecule has 2 saturated heterocycles. The Morgan fingerprint density at radius 3 is 2.67 bits per heavy atom. The van der Waals surface area contributed by atoms with Gasteiger partial charge in [-0.1, -0.05) is 0 Å². The number of anilines is 1. The van der Waals surface area contributed by atoms with E-state index in [-0.39, 0.29) is 17.2 Å². The maximum Gasteiger partial charge on any atom is 0.227 e. The molecule has 1 saturated carbocycles. The summed E-state index contributed by atoms with van der Waals surface area (Å²) in [5.41, 5.74) is 0.858. The number of hydrogen-bond donors (Lipinski definition) is 0. The molecule has 1 aliphatic carbocycles. The summed E-state index contributed by atoms with van der Waals surface area (Å²) in [6, 6.07) is 7.63. The van der Waals surface area contributed by atoms with Gasteiger partial charge in [-0.05, 0) is 49.4 Å². The van der Waals surface area contributed by atoms with Gasteiger partial charge in [0.25, 0.3) is 0 Å². The molecule has 0 aromatic heterocycles. The molecule has 1 spiro atoms. The molecule has 3 fully saturated rings. The van der Waals surface area contributed by atoms with E-state index in [0.29, 0.717) is 25.3 Å². The molecule has 1 aromatic carbocycles. The number of nitrogens with zero attached hydrogens (tertiary/aromatic N) is 2. The first-order valence-corrected chi connectivity index (χ1v) is 8.81. The van der Waals surface area contributed by atoms with Gasteiger partial charge in [0.05, 0.1) is 7.11 Å². The number of hydrogen-bond acceptors (Lipinski definition) is 3. The van der Waals surface area contributed by atoms with Crippen LogP contribution in [0.15, 0.2) is 24.3 Å². The lowest BCUT2D eigenvalue weighted by Gasteiger charge is -2.24. The summed E-state index contributed by atoms with van der Waals surface area (Å²) in [5.74, 6) is 1.86. The van der Waals surface area contributed by atoms with Crippen molar-refractivity contribution in [1.82, 2.24) is 4.90 Å². The Bertz CT molecular complexity index is 653. The van der Waals surface area contributed by atoms with E-state index in [4.69, 9.17) is 4.74 Å². The first-order valence-electron chi connectivity index (χ1n) is 8.81. The zero-order valence-corrected chi connectivity index (χ0v) is 14.2. The molecular weight excluding hydrogens is 304 g/mol. The molecule has 0 N–H and O–H groups in total. The molecule has 5 nitrogen and oxygen atoms in total. The molecule has 2 heterocycles. The van der Waals surface area contributed by atoms with Crippen LogP contribution < -0.4 is 9.64 Å². The predicted octanol–water partition coefficient (Wildman–Crippen LogP) is 2.45.